The van der Waals surface area contributed by atoms with Crippen LogP contribution in [0.2, 0.25) is 0 Å². The summed E-state index contributed by atoms with van der Waals surface area (Å²) in [7, 11) is 0. The zero-order valence-electron chi connectivity index (χ0n) is 13.4. The third-order valence-electron chi connectivity index (χ3n) is 3.79. The average molecular weight is 320 g/mol. The Morgan fingerprint density at radius 2 is 1.92 bits per heavy atom. The van der Waals surface area contributed by atoms with Crippen molar-refractivity contribution in [3.05, 3.63) is 83.7 Å². The Morgan fingerprint density at radius 1 is 1.08 bits per heavy atom. The first kappa shape index (κ1) is 16.0. The Labute approximate surface area is 141 Å². The van der Waals surface area contributed by atoms with E-state index in [1.54, 1.807) is 6.07 Å². The van der Waals surface area contributed by atoms with Crippen molar-refractivity contribution in [2.75, 3.05) is 6.54 Å². The molecule has 0 saturated carbocycles. The smallest absolute Gasteiger partial charge is 0.248 e. The maximum absolute atomic E-state index is 11.2. The number of primary amides is 1. The molecule has 0 unspecified atom stereocenters. The number of para-hydroxylation sites is 1. The molecule has 5 heteroatoms. The Kier molecular flexibility index (Phi) is 5.03. The highest BCUT2D eigenvalue weighted by molar-refractivity contribution is 5.92. The molecule has 0 bridgehead atoms. The highest BCUT2D eigenvalue weighted by Crippen LogP contribution is 2.08. The molecule has 0 spiro atoms. The zero-order chi connectivity index (χ0) is 16.8. The van der Waals surface area contributed by atoms with Gasteiger partial charge in [0.1, 0.15) is 0 Å². The van der Waals surface area contributed by atoms with Crippen LogP contribution < -0.4 is 11.1 Å². The van der Waals surface area contributed by atoms with Gasteiger partial charge in [0.05, 0.1) is 11.9 Å². The van der Waals surface area contributed by atoms with Crippen molar-refractivity contribution in [3.63, 3.8) is 0 Å². The lowest BCUT2D eigenvalue weighted by Gasteiger charge is -2.05. The predicted octanol–water partition coefficient (Wildman–Crippen LogP) is 2.30. The number of nitrogens with two attached hydrogens (primary N) is 1. The topological polar surface area (TPSA) is 72.9 Å². The van der Waals surface area contributed by atoms with Gasteiger partial charge in [-0.1, -0.05) is 30.3 Å². The van der Waals surface area contributed by atoms with Crippen LogP contribution in [-0.2, 0) is 13.0 Å². The van der Waals surface area contributed by atoms with E-state index in [9.17, 15) is 4.79 Å². The molecule has 1 aromatic heterocycles. The number of carbonyl (C=O) groups excluding carboxylic acids is 1. The number of amides is 1. The van der Waals surface area contributed by atoms with Gasteiger partial charge in [-0.3, -0.25) is 4.79 Å². The van der Waals surface area contributed by atoms with E-state index in [4.69, 9.17) is 5.73 Å². The van der Waals surface area contributed by atoms with Gasteiger partial charge in [-0.2, -0.15) is 5.10 Å². The Bertz CT molecular complexity index is 811. The van der Waals surface area contributed by atoms with Crippen LogP contribution in [0.3, 0.4) is 0 Å². The van der Waals surface area contributed by atoms with Gasteiger partial charge in [0.2, 0.25) is 5.91 Å². The second-order valence-corrected chi connectivity index (χ2v) is 5.62. The second kappa shape index (κ2) is 7.57. The van der Waals surface area contributed by atoms with Gasteiger partial charge in [0, 0.05) is 23.9 Å². The molecule has 122 valence electrons. The highest BCUT2D eigenvalue weighted by atomic mass is 16.1. The minimum atomic E-state index is -0.391. The third-order valence-corrected chi connectivity index (χ3v) is 3.79. The Hall–Kier alpha value is -2.92. The second-order valence-electron chi connectivity index (χ2n) is 5.62. The SMILES string of the molecule is NC(=O)c1cccc(CCNCc2cnn(-c3ccccc3)c2)c1. The highest BCUT2D eigenvalue weighted by Gasteiger charge is 2.02. The largest absolute Gasteiger partial charge is 0.366 e. The molecule has 0 radical (unpaired) electrons. The summed E-state index contributed by atoms with van der Waals surface area (Å²) in [6.45, 7) is 1.57. The van der Waals surface area contributed by atoms with Gasteiger partial charge < -0.3 is 11.1 Å². The molecule has 24 heavy (non-hydrogen) atoms. The number of aromatic nitrogens is 2. The first-order valence-corrected chi connectivity index (χ1v) is 7.91. The minimum absolute atomic E-state index is 0.391. The Balaban J connectivity index is 1.50. The van der Waals surface area contributed by atoms with E-state index >= 15 is 0 Å². The summed E-state index contributed by atoms with van der Waals surface area (Å²) in [5.41, 5.74) is 9.13. The number of rotatable bonds is 7. The third kappa shape index (κ3) is 4.08. The van der Waals surface area contributed by atoms with Crippen LogP contribution in [0.1, 0.15) is 21.5 Å². The summed E-state index contributed by atoms with van der Waals surface area (Å²) in [6.07, 6.45) is 4.73. The van der Waals surface area contributed by atoms with Crippen molar-refractivity contribution < 1.29 is 4.79 Å². The van der Waals surface area contributed by atoms with Gasteiger partial charge in [0.25, 0.3) is 0 Å². The number of hydrogen-bond acceptors (Lipinski definition) is 3. The van der Waals surface area contributed by atoms with Gasteiger partial charge in [0.15, 0.2) is 0 Å². The summed E-state index contributed by atoms with van der Waals surface area (Å²) in [5, 5.41) is 7.77. The fraction of sp³-hybridized carbons (Fsp3) is 0.158. The van der Waals surface area contributed by atoms with Crippen molar-refractivity contribution >= 4 is 5.91 Å². The van der Waals surface area contributed by atoms with E-state index in [-0.39, 0.29) is 0 Å². The van der Waals surface area contributed by atoms with Gasteiger partial charge in [-0.15, -0.1) is 0 Å². The zero-order valence-corrected chi connectivity index (χ0v) is 13.4. The van der Waals surface area contributed by atoms with Gasteiger partial charge >= 0.3 is 0 Å². The van der Waals surface area contributed by atoms with Crippen LogP contribution in [0.5, 0.6) is 0 Å². The number of hydrogen-bond donors (Lipinski definition) is 2. The maximum Gasteiger partial charge on any atom is 0.248 e. The van der Waals surface area contributed by atoms with Crippen LogP contribution in [-0.4, -0.2) is 22.2 Å². The summed E-state index contributed by atoms with van der Waals surface area (Å²) in [6, 6.07) is 17.5. The van der Waals surface area contributed by atoms with Crippen molar-refractivity contribution in [1.82, 2.24) is 15.1 Å². The first-order chi connectivity index (χ1) is 11.7. The molecule has 0 aliphatic heterocycles. The van der Waals surface area contributed by atoms with Crippen LogP contribution >= 0.6 is 0 Å². The maximum atomic E-state index is 11.2. The lowest BCUT2D eigenvalue weighted by Crippen LogP contribution is -2.17. The molecule has 0 saturated heterocycles. The number of nitrogens with one attached hydrogen (secondary N) is 1. The monoisotopic (exact) mass is 320 g/mol. The quantitative estimate of drug-likeness (QED) is 0.656. The normalized spacial score (nSPS) is 10.7. The molecule has 5 nitrogen and oxygen atoms in total. The van der Waals surface area contributed by atoms with Crippen molar-refractivity contribution in [3.8, 4) is 5.69 Å². The molecular weight excluding hydrogens is 300 g/mol. The lowest BCUT2D eigenvalue weighted by molar-refractivity contribution is 0.1000. The van der Waals surface area contributed by atoms with Crippen LogP contribution in [0.4, 0.5) is 0 Å². The molecule has 3 aromatic rings. The predicted molar refractivity (Wildman–Crippen MR) is 93.9 cm³/mol. The number of benzene rings is 2. The van der Waals surface area contributed by atoms with E-state index in [0.29, 0.717) is 5.56 Å². The van der Waals surface area contributed by atoms with Crippen molar-refractivity contribution in [1.29, 1.82) is 0 Å². The van der Waals surface area contributed by atoms with Crippen LogP contribution in [0, 0.1) is 0 Å². The molecule has 0 atom stereocenters. The fourth-order valence-corrected chi connectivity index (χ4v) is 2.52. The number of carbonyl (C=O) groups is 1. The summed E-state index contributed by atoms with van der Waals surface area (Å²) in [4.78, 5) is 11.2. The number of nitrogens with zero attached hydrogens (tertiary/aromatic N) is 2. The van der Waals surface area contributed by atoms with E-state index in [2.05, 4.69) is 10.4 Å². The van der Waals surface area contributed by atoms with Gasteiger partial charge in [-0.05, 0) is 42.8 Å². The first-order valence-electron chi connectivity index (χ1n) is 7.91. The van der Waals surface area contributed by atoms with Crippen molar-refractivity contribution in [2.45, 2.75) is 13.0 Å². The molecule has 1 heterocycles. The average Bonchev–Trinajstić information content (AvgIpc) is 3.09. The standard InChI is InChI=1S/C19H20N4O/c20-19(24)17-6-4-5-15(11-17)9-10-21-12-16-13-22-23(14-16)18-7-2-1-3-8-18/h1-8,11,13-14,21H,9-10,12H2,(H2,20,24). The molecule has 0 aliphatic rings. The molecule has 0 aliphatic carbocycles. The minimum Gasteiger partial charge on any atom is -0.366 e. The van der Waals surface area contributed by atoms with Crippen molar-refractivity contribution in [2.24, 2.45) is 5.73 Å². The molecule has 3 rings (SSSR count). The lowest BCUT2D eigenvalue weighted by atomic mass is 10.1. The van der Waals surface area contributed by atoms with E-state index in [0.717, 1.165) is 36.3 Å². The summed E-state index contributed by atoms with van der Waals surface area (Å²) < 4.78 is 1.87. The molecular formula is C19H20N4O. The fourth-order valence-electron chi connectivity index (χ4n) is 2.52. The van der Waals surface area contributed by atoms with E-state index in [1.165, 1.54) is 0 Å². The van der Waals surface area contributed by atoms with Gasteiger partial charge in [-0.25, -0.2) is 4.68 Å². The molecule has 2 aromatic carbocycles. The van der Waals surface area contributed by atoms with Crippen LogP contribution in [0.15, 0.2) is 67.0 Å². The van der Waals surface area contributed by atoms with E-state index < -0.39 is 5.91 Å². The molecule has 0 fully saturated rings. The summed E-state index contributed by atoms with van der Waals surface area (Å²) in [5.74, 6) is -0.391. The van der Waals surface area contributed by atoms with Crippen LogP contribution in [0.25, 0.3) is 5.69 Å². The Morgan fingerprint density at radius 3 is 2.71 bits per heavy atom. The molecule has 3 N–H and O–H groups in total. The van der Waals surface area contributed by atoms with E-state index in [1.807, 2.05) is 65.6 Å². The summed E-state index contributed by atoms with van der Waals surface area (Å²) >= 11 is 0. The molecule has 1 amide bonds.